The third-order valence-corrected chi connectivity index (χ3v) is 0.647. The zero-order valence-corrected chi connectivity index (χ0v) is 4.34. The van der Waals surface area contributed by atoms with Crippen molar-refractivity contribution in [2.24, 2.45) is 0 Å². The van der Waals surface area contributed by atoms with Gasteiger partial charge in [0.1, 0.15) is 0 Å². The van der Waals surface area contributed by atoms with Gasteiger partial charge in [0, 0.05) is 41.1 Å². The molecule has 0 aliphatic carbocycles. The molecule has 0 amide bonds. The SMILES string of the molecule is [2H]C([2H])([2H])N1C([2H])([2H])C([2H])([2H])N(C([2H])([2H])O)C([2H])([2H])C1([2H])[2H]. The van der Waals surface area contributed by atoms with E-state index in [1.165, 1.54) is 0 Å². The van der Waals surface area contributed by atoms with Gasteiger partial charge >= 0.3 is 0 Å². The van der Waals surface area contributed by atoms with Gasteiger partial charge in [-0.05, 0) is 6.98 Å². The first-order chi connectivity index (χ1) is 9.23. The highest BCUT2D eigenvalue weighted by molar-refractivity contribution is 4.65. The predicted molar refractivity (Wildman–Crippen MR) is 36.2 cm³/mol. The Morgan fingerprint density at radius 3 is 2.78 bits per heavy atom. The van der Waals surface area contributed by atoms with Crippen LogP contribution in [0, 0.1) is 0 Å². The molecule has 0 aromatic rings. The summed E-state index contributed by atoms with van der Waals surface area (Å²) < 4.78 is 96.6. The molecule has 0 aromatic carbocycles. The Balaban J connectivity index is 3.77. The molecule has 1 heterocycles. The van der Waals surface area contributed by atoms with E-state index in [2.05, 4.69) is 0 Å². The summed E-state index contributed by atoms with van der Waals surface area (Å²) in [6.07, 6.45) is 0. The minimum Gasteiger partial charge on any atom is -0.381 e. The van der Waals surface area contributed by atoms with Crippen molar-refractivity contribution >= 4 is 0 Å². The van der Waals surface area contributed by atoms with Gasteiger partial charge in [0.25, 0.3) is 0 Å². The van der Waals surface area contributed by atoms with Crippen molar-refractivity contribution in [1.29, 1.82) is 0 Å². The van der Waals surface area contributed by atoms with Gasteiger partial charge in [-0.3, -0.25) is 4.90 Å². The van der Waals surface area contributed by atoms with Crippen molar-refractivity contribution in [3.8, 4) is 0 Å². The molecule has 1 N–H and O–H groups in total. The largest absolute Gasteiger partial charge is 0.381 e. The fourth-order valence-electron chi connectivity index (χ4n) is 0.306. The van der Waals surface area contributed by atoms with Crippen molar-refractivity contribution in [2.45, 2.75) is 0 Å². The first-order valence-electron chi connectivity index (χ1n) is 8.57. The lowest BCUT2D eigenvalue weighted by molar-refractivity contribution is 0.0630. The van der Waals surface area contributed by atoms with E-state index in [0.29, 0.717) is 0 Å². The highest BCUT2D eigenvalue weighted by Crippen LogP contribution is 1.95. The number of aliphatic hydroxyl groups is 1. The van der Waals surface area contributed by atoms with Crippen molar-refractivity contribution < 1.29 is 22.9 Å². The zero-order valence-electron chi connectivity index (χ0n) is 17.3. The van der Waals surface area contributed by atoms with Crippen LogP contribution in [-0.4, -0.2) is 54.6 Å². The quantitative estimate of drug-likeness (QED) is 0.520. The monoisotopic (exact) mass is 143 g/mol. The molecule has 1 fully saturated rings. The van der Waals surface area contributed by atoms with Crippen LogP contribution < -0.4 is 0 Å². The molecule has 0 bridgehead atoms. The van der Waals surface area contributed by atoms with Crippen LogP contribution >= 0.6 is 0 Å². The number of nitrogens with zero attached hydrogens (tertiary/aromatic N) is 2. The van der Waals surface area contributed by atoms with Crippen molar-refractivity contribution in [3.05, 3.63) is 0 Å². The third kappa shape index (κ3) is 1.93. The number of rotatable bonds is 1. The van der Waals surface area contributed by atoms with Crippen LogP contribution in [0.1, 0.15) is 17.8 Å². The van der Waals surface area contributed by atoms with E-state index < -0.39 is 49.4 Å². The molecule has 1 rings (SSSR count). The molecule has 0 saturated carbocycles. The molecular formula is C6H14N2O. The van der Waals surface area contributed by atoms with E-state index in [1.807, 2.05) is 0 Å². The molecule has 1 aliphatic heterocycles. The fraction of sp³-hybridized carbons (Fsp3) is 1.00. The van der Waals surface area contributed by atoms with Crippen LogP contribution in [-0.2, 0) is 0 Å². The number of likely N-dealkylation sites (N-methyl/N-ethyl adjacent to an activating group) is 1. The summed E-state index contributed by atoms with van der Waals surface area (Å²) >= 11 is 0. The highest BCUT2D eigenvalue weighted by Gasteiger charge is 2.11. The summed E-state index contributed by atoms with van der Waals surface area (Å²) in [6.45, 7) is -22.2. The molecule has 0 unspecified atom stereocenters. The Labute approximate surface area is 74.1 Å². The van der Waals surface area contributed by atoms with Crippen LogP contribution in [0.4, 0.5) is 0 Å². The molecule has 3 nitrogen and oxygen atoms in total. The zero-order chi connectivity index (χ0) is 18.2. The average molecular weight is 143 g/mol. The maximum atomic E-state index is 9.35. The predicted octanol–water partition coefficient (Wildman–Crippen LogP) is -0.816. The van der Waals surface area contributed by atoms with E-state index in [1.54, 1.807) is 0 Å². The lowest BCUT2D eigenvalue weighted by atomic mass is 10.3. The van der Waals surface area contributed by atoms with Crippen LogP contribution in [0.3, 0.4) is 0 Å². The molecule has 0 radical (unpaired) electrons. The summed E-state index contributed by atoms with van der Waals surface area (Å²) in [4.78, 5) is -1.29. The van der Waals surface area contributed by atoms with E-state index >= 15 is 0 Å². The molecule has 3 heteroatoms. The summed E-state index contributed by atoms with van der Waals surface area (Å²) in [7, 11) is 0. The molecule has 0 spiro atoms. The Bertz CT molecular complexity index is 380. The van der Waals surface area contributed by atoms with E-state index in [-0.39, 0.29) is 0 Å². The normalized spacial score (nSPS) is 71.4. The summed E-state index contributed by atoms with van der Waals surface area (Å²) in [5.74, 6) is 0. The van der Waals surface area contributed by atoms with Gasteiger partial charge in [0.05, 0.1) is 9.42 Å². The maximum absolute atomic E-state index is 9.35. The van der Waals surface area contributed by atoms with Crippen LogP contribution in [0.2, 0.25) is 0 Å². The van der Waals surface area contributed by atoms with Crippen molar-refractivity contribution in [2.75, 3.05) is 39.6 Å². The van der Waals surface area contributed by atoms with E-state index in [0.717, 1.165) is 0 Å². The number of hydrogen-bond acceptors (Lipinski definition) is 3. The fourth-order valence-corrected chi connectivity index (χ4v) is 0.306. The Morgan fingerprint density at radius 2 is 2.33 bits per heavy atom. The molecule has 1 aliphatic rings. The van der Waals surface area contributed by atoms with Gasteiger partial charge in [0.2, 0.25) is 0 Å². The van der Waals surface area contributed by atoms with Crippen LogP contribution in [0.5, 0.6) is 0 Å². The second-order valence-electron chi connectivity index (χ2n) is 1.22. The Morgan fingerprint density at radius 1 is 1.67 bits per heavy atom. The first kappa shape index (κ1) is 1.15. The lowest BCUT2D eigenvalue weighted by Gasteiger charge is -2.30. The van der Waals surface area contributed by atoms with Crippen LogP contribution in [0.25, 0.3) is 0 Å². The molecular weight excluding hydrogens is 116 g/mol. The second kappa shape index (κ2) is 3.15. The minimum atomic E-state index is -3.80. The number of hydrogen-bond donors (Lipinski definition) is 1. The molecule has 0 aromatic heterocycles. The van der Waals surface area contributed by atoms with Gasteiger partial charge in [-0.25, -0.2) is 0 Å². The molecule has 1 saturated heterocycles. The van der Waals surface area contributed by atoms with Gasteiger partial charge in [-0.2, -0.15) is 0 Å². The standard InChI is InChI=1S/C6H14N2O/c1-7-2-4-8(6-9)5-3-7/h9H,2-6H2,1H3/i1D3,2D2,3D2,4D2,5D2,6D2. The highest BCUT2D eigenvalue weighted by atomic mass is 16.3. The van der Waals surface area contributed by atoms with Crippen molar-refractivity contribution in [1.82, 2.24) is 9.80 Å². The first-order valence-corrected chi connectivity index (χ1v) is 2.07. The lowest BCUT2D eigenvalue weighted by Crippen LogP contribution is -2.44. The summed E-state index contributed by atoms with van der Waals surface area (Å²) in [5.41, 5.74) is 0. The maximum Gasteiger partial charge on any atom is 0.0957 e. The topological polar surface area (TPSA) is 26.7 Å². The smallest absolute Gasteiger partial charge is 0.0957 e. The molecule has 54 valence electrons. The summed E-state index contributed by atoms with van der Waals surface area (Å²) in [6, 6.07) is 0. The van der Waals surface area contributed by atoms with E-state index in [4.69, 9.17) is 17.8 Å². The van der Waals surface area contributed by atoms with Crippen molar-refractivity contribution in [3.63, 3.8) is 0 Å². The van der Waals surface area contributed by atoms with Crippen LogP contribution in [0.15, 0.2) is 0 Å². The minimum absolute atomic E-state index is 0.602. The Kier molecular flexibility index (Phi) is 0.403. The van der Waals surface area contributed by atoms with Gasteiger partial charge < -0.3 is 10.0 Å². The number of piperazine rings is 1. The third-order valence-electron chi connectivity index (χ3n) is 0.647. The van der Waals surface area contributed by atoms with Gasteiger partial charge in [0.15, 0.2) is 0 Å². The second-order valence-corrected chi connectivity index (χ2v) is 1.22. The van der Waals surface area contributed by atoms with Gasteiger partial charge in [-0.15, -0.1) is 0 Å². The average Bonchev–Trinajstić information content (AvgIpc) is 2.06. The summed E-state index contributed by atoms with van der Waals surface area (Å²) in [5, 5.41) is 9.35. The Hall–Kier alpha value is -0.120. The molecule has 0 atom stereocenters. The van der Waals surface area contributed by atoms with E-state index in [9.17, 15) is 5.11 Å². The van der Waals surface area contributed by atoms with Gasteiger partial charge in [-0.1, -0.05) is 0 Å². The molecule has 9 heavy (non-hydrogen) atoms.